The Hall–Kier alpha value is -0.350. The fraction of sp³-hybridized carbons (Fsp3) is 0.905. The van der Waals surface area contributed by atoms with Gasteiger partial charge in [-0.2, -0.15) is 10.2 Å². The van der Waals surface area contributed by atoms with Gasteiger partial charge in [-0.15, -0.1) is 0 Å². The molecule has 0 radical (unpaired) electrons. The summed E-state index contributed by atoms with van der Waals surface area (Å²) in [6, 6.07) is 0. The Morgan fingerprint density at radius 2 is 1.12 bits per heavy atom. The summed E-state index contributed by atoms with van der Waals surface area (Å²) in [7, 11) is -0.668. The van der Waals surface area contributed by atoms with Gasteiger partial charge in [-0.1, -0.05) is 27.7 Å². The van der Waals surface area contributed by atoms with Crippen molar-refractivity contribution >= 4 is 21.6 Å². The summed E-state index contributed by atoms with van der Waals surface area (Å²) < 4.78 is 2.67. The molecule has 0 aliphatic rings. The zero-order valence-electron chi connectivity index (χ0n) is 18.6. The average molecular weight is 372 g/mol. The third-order valence-corrected chi connectivity index (χ3v) is 5.99. The monoisotopic (exact) mass is 371 g/mol. The van der Waals surface area contributed by atoms with Gasteiger partial charge in [0.15, 0.2) is 0 Å². The topological polar surface area (TPSA) is 28.0 Å². The molecule has 0 saturated carbocycles. The molecule has 0 aliphatic carbocycles. The van der Waals surface area contributed by atoms with Crippen molar-refractivity contribution < 1.29 is 0 Å². The minimum Gasteiger partial charge on any atom is -0.294 e. The van der Waals surface area contributed by atoms with Crippen LogP contribution in [0.15, 0.2) is 9.98 Å². The average Bonchev–Trinajstić information content (AvgIpc) is 2.42. The second kappa shape index (κ2) is 12.9. The van der Waals surface area contributed by atoms with Gasteiger partial charge < -0.3 is 0 Å². The van der Waals surface area contributed by atoms with Crippen LogP contribution in [0.4, 0.5) is 0 Å². The minimum absolute atomic E-state index is 0.668. The highest BCUT2D eigenvalue weighted by molar-refractivity contribution is 8.30. The smallest absolute Gasteiger partial charge is 0.0401 e. The summed E-state index contributed by atoms with van der Waals surface area (Å²) in [5, 5.41) is 0. The molecule has 0 aromatic carbocycles. The van der Waals surface area contributed by atoms with Gasteiger partial charge in [-0.3, -0.25) is 14.3 Å². The van der Waals surface area contributed by atoms with Gasteiger partial charge in [0.2, 0.25) is 0 Å². The summed E-state index contributed by atoms with van der Waals surface area (Å²) in [5.41, 5.74) is 2.61. The van der Waals surface area contributed by atoms with Gasteiger partial charge in [-0.05, 0) is 70.1 Å². The molecule has 0 atom stereocenters. The van der Waals surface area contributed by atoms with E-state index in [9.17, 15) is 0 Å². The summed E-state index contributed by atoms with van der Waals surface area (Å²) in [6.07, 6.45) is 11.8. The second-order valence-electron chi connectivity index (χ2n) is 8.84. The van der Waals surface area contributed by atoms with E-state index in [1.165, 1.54) is 11.4 Å². The first-order valence-corrected chi connectivity index (χ1v) is 12.8. The van der Waals surface area contributed by atoms with Crippen LogP contribution in [0.3, 0.4) is 0 Å². The molecule has 0 bridgehead atoms. The van der Waals surface area contributed by atoms with Crippen LogP contribution < -0.4 is 0 Å². The first-order chi connectivity index (χ1) is 11.5. The van der Waals surface area contributed by atoms with E-state index in [2.05, 4.69) is 64.6 Å². The lowest BCUT2D eigenvalue weighted by molar-refractivity contribution is 0.446. The molecule has 3 nitrogen and oxygen atoms in total. The largest absolute Gasteiger partial charge is 0.294 e. The Bertz CT molecular complexity index is 374. The molecule has 0 aromatic heterocycles. The van der Waals surface area contributed by atoms with Gasteiger partial charge in [0.25, 0.3) is 0 Å². The Kier molecular flexibility index (Phi) is 12.7. The van der Waals surface area contributed by atoms with Crippen LogP contribution in [0, 0.1) is 11.8 Å². The van der Waals surface area contributed by atoms with Crippen molar-refractivity contribution in [2.75, 3.05) is 44.9 Å². The van der Waals surface area contributed by atoms with Crippen LogP contribution >= 0.6 is 10.2 Å². The van der Waals surface area contributed by atoms with Crippen LogP contribution in [-0.4, -0.2) is 60.7 Å². The standard InChI is InChI=1S/C21H45N3S/c1-18(2)16-20(5)22-12-10-14-24(25(7,8)9)15-11-13-23-21(6)17-19(3)4/h18-19H,10-17H2,1-9H3. The molecule has 0 saturated heterocycles. The van der Waals surface area contributed by atoms with Gasteiger partial charge in [0, 0.05) is 37.6 Å². The lowest BCUT2D eigenvalue weighted by Crippen LogP contribution is -2.29. The van der Waals surface area contributed by atoms with E-state index in [-0.39, 0.29) is 0 Å². The third-order valence-electron chi connectivity index (χ3n) is 4.08. The van der Waals surface area contributed by atoms with Crippen molar-refractivity contribution in [3.8, 4) is 0 Å². The fourth-order valence-electron chi connectivity index (χ4n) is 3.00. The van der Waals surface area contributed by atoms with E-state index in [0.29, 0.717) is 11.8 Å². The molecule has 0 spiro atoms. The van der Waals surface area contributed by atoms with Crippen LogP contribution in [0.25, 0.3) is 0 Å². The van der Waals surface area contributed by atoms with Crippen molar-refractivity contribution in [1.29, 1.82) is 0 Å². The van der Waals surface area contributed by atoms with Gasteiger partial charge in [0.05, 0.1) is 0 Å². The zero-order chi connectivity index (χ0) is 19.5. The Labute approximate surface area is 160 Å². The Morgan fingerprint density at radius 1 is 0.760 bits per heavy atom. The molecular formula is C21H45N3S. The predicted octanol–water partition coefficient (Wildman–Crippen LogP) is 5.69. The molecule has 0 aliphatic heterocycles. The highest BCUT2D eigenvalue weighted by Crippen LogP contribution is 2.39. The normalized spacial score (nSPS) is 14.9. The molecule has 0 amide bonds. The van der Waals surface area contributed by atoms with Crippen LogP contribution in [0.2, 0.25) is 0 Å². The molecule has 0 unspecified atom stereocenters. The van der Waals surface area contributed by atoms with Crippen molar-refractivity contribution in [2.45, 2.75) is 67.2 Å². The molecule has 25 heavy (non-hydrogen) atoms. The van der Waals surface area contributed by atoms with E-state index < -0.39 is 10.2 Å². The number of hydrogen-bond donors (Lipinski definition) is 0. The van der Waals surface area contributed by atoms with Crippen molar-refractivity contribution in [2.24, 2.45) is 21.8 Å². The van der Waals surface area contributed by atoms with Crippen molar-refractivity contribution in [1.82, 2.24) is 4.31 Å². The summed E-state index contributed by atoms with van der Waals surface area (Å²) in [5.74, 6) is 1.41. The van der Waals surface area contributed by atoms with E-state index in [4.69, 9.17) is 9.98 Å². The number of aliphatic imine (C=N–C) groups is 2. The van der Waals surface area contributed by atoms with Crippen molar-refractivity contribution in [3.63, 3.8) is 0 Å². The van der Waals surface area contributed by atoms with E-state index in [1.807, 2.05) is 0 Å². The summed E-state index contributed by atoms with van der Waals surface area (Å²) in [6.45, 7) is 17.6. The maximum absolute atomic E-state index is 4.74. The van der Waals surface area contributed by atoms with Gasteiger partial charge in [0.1, 0.15) is 0 Å². The maximum Gasteiger partial charge on any atom is 0.0401 e. The molecule has 4 heteroatoms. The lowest BCUT2D eigenvalue weighted by Gasteiger charge is -2.40. The lowest BCUT2D eigenvalue weighted by atomic mass is 10.1. The molecular weight excluding hydrogens is 326 g/mol. The zero-order valence-corrected chi connectivity index (χ0v) is 19.4. The minimum atomic E-state index is -0.668. The summed E-state index contributed by atoms with van der Waals surface area (Å²) in [4.78, 5) is 9.49. The van der Waals surface area contributed by atoms with Crippen LogP contribution in [0.5, 0.6) is 0 Å². The highest BCUT2D eigenvalue weighted by atomic mass is 32.3. The van der Waals surface area contributed by atoms with E-state index in [1.54, 1.807) is 0 Å². The Balaban J connectivity index is 4.27. The second-order valence-corrected chi connectivity index (χ2v) is 12.9. The number of nitrogens with zero attached hydrogens (tertiary/aromatic N) is 3. The molecule has 0 heterocycles. The van der Waals surface area contributed by atoms with Crippen LogP contribution in [0.1, 0.15) is 67.2 Å². The SMILES string of the molecule is CC(CC(C)C)=NCCCN(CCCN=C(C)CC(C)C)S(C)(C)C. The first kappa shape index (κ1) is 24.7. The van der Waals surface area contributed by atoms with E-state index >= 15 is 0 Å². The molecule has 0 rings (SSSR count). The number of rotatable bonds is 13. The molecule has 0 fully saturated rings. The van der Waals surface area contributed by atoms with Crippen LogP contribution in [-0.2, 0) is 0 Å². The molecule has 0 aromatic rings. The van der Waals surface area contributed by atoms with E-state index in [0.717, 1.165) is 51.9 Å². The molecule has 150 valence electrons. The fourth-order valence-corrected chi connectivity index (χ4v) is 4.36. The summed E-state index contributed by atoms with van der Waals surface area (Å²) >= 11 is 0. The molecule has 0 N–H and O–H groups in total. The quantitative estimate of drug-likeness (QED) is 0.302. The van der Waals surface area contributed by atoms with Gasteiger partial charge in [-0.25, -0.2) is 0 Å². The van der Waals surface area contributed by atoms with Gasteiger partial charge >= 0.3 is 0 Å². The first-order valence-electron chi connectivity index (χ1n) is 9.95. The maximum atomic E-state index is 4.74. The third kappa shape index (κ3) is 14.5. The van der Waals surface area contributed by atoms with Crippen molar-refractivity contribution in [3.05, 3.63) is 0 Å². The Morgan fingerprint density at radius 3 is 1.40 bits per heavy atom. The predicted molar refractivity (Wildman–Crippen MR) is 121 cm³/mol. The highest BCUT2D eigenvalue weighted by Gasteiger charge is 2.15. The number of hydrogen-bond acceptors (Lipinski definition) is 3.